The van der Waals surface area contributed by atoms with Gasteiger partial charge in [-0.25, -0.2) is 5.84 Å². The second kappa shape index (κ2) is 5.67. The van der Waals surface area contributed by atoms with Crippen LogP contribution in [0.2, 0.25) is 0 Å². The molecule has 0 aliphatic heterocycles. The molecule has 1 rings (SSSR count). The van der Waals surface area contributed by atoms with Crippen LogP contribution < -0.4 is 17.3 Å². The van der Waals surface area contributed by atoms with Crippen molar-refractivity contribution in [3.63, 3.8) is 0 Å². The third-order valence-electron chi connectivity index (χ3n) is 3.16. The van der Waals surface area contributed by atoms with Crippen molar-refractivity contribution < 1.29 is 0 Å². The minimum atomic E-state index is -0.717. The fourth-order valence-corrected chi connectivity index (χ4v) is 1.82. The average Bonchev–Trinajstić information content (AvgIpc) is 2.25. The van der Waals surface area contributed by atoms with Crippen LogP contribution in [0.25, 0.3) is 0 Å². The molecule has 0 spiro atoms. The summed E-state index contributed by atoms with van der Waals surface area (Å²) in [5.41, 5.74) is 11.9. The lowest BCUT2D eigenvalue weighted by Gasteiger charge is -2.31. The van der Waals surface area contributed by atoms with E-state index in [1.807, 2.05) is 23.2 Å². The molecule has 0 heterocycles. The van der Waals surface area contributed by atoms with Gasteiger partial charge in [0.1, 0.15) is 0 Å². The summed E-state index contributed by atoms with van der Waals surface area (Å²) in [4.78, 5) is 0. The summed E-state index contributed by atoms with van der Waals surface area (Å²) in [5.74, 6) is 6.81. The molecule has 1 aliphatic rings. The van der Waals surface area contributed by atoms with Gasteiger partial charge in [0.05, 0.1) is 5.66 Å². The van der Waals surface area contributed by atoms with E-state index in [2.05, 4.69) is 20.8 Å². The van der Waals surface area contributed by atoms with Crippen LogP contribution in [0.3, 0.4) is 0 Å². The zero-order chi connectivity index (χ0) is 13.1. The minimum absolute atomic E-state index is 0.330. The highest BCUT2D eigenvalue weighted by atomic mass is 15.4. The molecule has 4 nitrogen and oxygen atoms in total. The van der Waals surface area contributed by atoms with Gasteiger partial charge in [-0.05, 0) is 37.8 Å². The standard InChI is InChI=1S/C13H26N4/c1-10(2)4-5-11(3)17(16)12-6-8-13(14,15)9-7-12/h6-8,10-11H,4-5,9,14-16H2,1-3H3. The van der Waals surface area contributed by atoms with Gasteiger partial charge < -0.3 is 16.5 Å². The Morgan fingerprint density at radius 1 is 1.29 bits per heavy atom. The fraction of sp³-hybridized carbons (Fsp3) is 0.692. The topological polar surface area (TPSA) is 81.3 Å². The number of rotatable bonds is 5. The molecular weight excluding hydrogens is 212 g/mol. The predicted octanol–water partition coefficient (Wildman–Crippen LogP) is 1.44. The summed E-state index contributed by atoms with van der Waals surface area (Å²) in [7, 11) is 0. The lowest BCUT2D eigenvalue weighted by Crippen LogP contribution is -2.49. The summed E-state index contributed by atoms with van der Waals surface area (Å²) >= 11 is 0. The predicted molar refractivity (Wildman–Crippen MR) is 72.5 cm³/mol. The number of nitrogens with zero attached hydrogens (tertiary/aromatic N) is 1. The van der Waals surface area contributed by atoms with E-state index in [0.717, 1.165) is 12.1 Å². The number of hydrogen-bond acceptors (Lipinski definition) is 4. The summed E-state index contributed by atoms with van der Waals surface area (Å²) in [6, 6.07) is 0.330. The highest BCUT2D eigenvalue weighted by Crippen LogP contribution is 2.19. The molecule has 0 fully saturated rings. The van der Waals surface area contributed by atoms with Gasteiger partial charge >= 0.3 is 0 Å². The van der Waals surface area contributed by atoms with Crippen molar-refractivity contribution in [1.82, 2.24) is 5.01 Å². The molecule has 0 saturated heterocycles. The average molecular weight is 238 g/mol. The van der Waals surface area contributed by atoms with Crippen molar-refractivity contribution in [2.45, 2.75) is 51.7 Å². The Morgan fingerprint density at radius 2 is 1.94 bits per heavy atom. The molecule has 0 aromatic heterocycles. The van der Waals surface area contributed by atoms with Crippen molar-refractivity contribution in [3.05, 3.63) is 23.9 Å². The van der Waals surface area contributed by atoms with E-state index in [9.17, 15) is 0 Å². The Kier molecular flexibility index (Phi) is 4.74. The highest BCUT2D eigenvalue weighted by molar-refractivity contribution is 5.26. The smallest absolute Gasteiger partial charge is 0.0868 e. The third kappa shape index (κ3) is 4.50. The Labute approximate surface area is 104 Å². The molecule has 0 bridgehead atoms. The number of hydrazine groups is 1. The first-order valence-electron chi connectivity index (χ1n) is 6.33. The highest BCUT2D eigenvalue weighted by Gasteiger charge is 2.20. The van der Waals surface area contributed by atoms with E-state index in [4.69, 9.17) is 17.3 Å². The van der Waals surface area contributed by atoms with Gasteiger partial charge in [0, 0.05) is 18.2 Å². The normalized spacial score (nSPS) is 20.3. The fourth-order valence-electron chi connectivity index (χ4n) is 1.82. The van der Waals surface area contributed by atoms with Gasteiger partial charge in [0.15, 0.2) is 0 Å². The van der Waals surface area contributed by atoms with Crippen molar-refractivity contribution in [2.24, 2.45) is 23.2 Å². The summed E-state index contributed by atoms with van der Waals surface area (Å²) in [5, 5.41) is 1.81. The van der Waals surface area contributed by atoms with Crippen LogP contribution in [0.5, 0.6) is 0 Å². The van der Waals surface area contributed by atoms with Crippen molar-refractivity contribution in [2.75, 3.05) is 0 Å². The molecule has 1 aliphatic carbocycles. The van der Waals surface area contributed by atoms with E-state index in [-0.39, 0.29) is 0 Å². The third-order valence-corrected chi connectivity index (χ3v) is 3.16. The second-order valence-electron chi connectivity index (χ2n) is 5.51. The monoisotopic (exact) mass is 238 g/mol. The Hall–Kier alpha value is -0.840. The van der Waals surface area contributed by atoms with Gasteiger partial charge in [-0.15, -0.1) is 0 Å². The van der Waals surface area contributed by atoms with Gasteiger partial charge in [-0.3, -0.25) is 0 Å². The van der Waals surface area contributed by atoms with E-state index >= 15 is 0 Å². The summed E-state index contributed by atoms with van der Waals surface area (Å²) in [6.07, 6.45) is 8.64. The van der Waals surface area contributed by atoms with Gasteiger partial charge in [0.2, 0.25) is 0 Å². The molecule has 0 aromatic rings. The lowest BCUT2D eigenvalue weighted by molar-refractivity contribution is 0.256. The van der Waals surface area contributed by atoms with Crippen molar-refractivity contribution >= 4 is 0 Å². The molecule has 6 N–H and O–H groups in total. The van der Waals surface area contributed by atoms with Crippen LogP contribution in [0.1, 0.15) is 40.0 Å². The van der Waals surface area contributed by atoms with Gasteiger partial charge in [-0.1, -0.05) is 19.9 Å². The molecular formula is C13H26N4. The van der Waals surface area contributed by atoms with Crippen LogP contribution in [0, 0.1) is 5.92 Å². The van der Waals surface area contributed by atoms with Crippen molar-refractivity contribution in [1.29, 1.82) is 0 Å². The van der Waals surface area contributed by atoms with Crippen LogP contribution in [0.15, 0.2) is 23.9 Å². The zero-order valence-corrected chi connectivity index (χ0v) is 11.2. The molecule has 1 atom stereocenters. The molecule has 0 radical (unpaired) electrons. The Morgan fingerprint density at radius 3 is 2.41 bits per heavy atom. The van der Waals surface area contributed by atoms with E-state index in [1.165, 1.54) is 6.42 Å². The largest absolute Gasteiger partial charge is 0.310 e. The van der Waals surface area contributed by atoms with E-state index in [1.54, 1.807) is 0 Å². The first-order chi connectivity index (χ1) is 7.82. The number of nitrogens with two attached hydrogens (primary N) is 3. The first-order valence-corrected chi connectivity index (χ1v) is 6.33. The van der Waals surface area contributed by atoms with Crippen LogP contribution in [0.4, 0.5) is 0 Å². The quantitative estimate of drug-likeness (QED) is 0.384. The first kappa shape index (κ1) is 14.2. The molecule has 1 unspecified atom stereocenters. The molecule has 0 saturated carbocycles. The molecule has 0 amide bonds. The van der Waals surface area contributed by atoms with Crippen molar-refractivity contribution in [3.8, 4) is 0 Å². The maximum atomic E-state index is 6.10. The summed E-state index contributed by atoms with van der Waals surface area (Å²) in [6.45, 7) is 6.60. The second-order valence-corrected chi connectivity index (χ2v) is 5.51. The van der Waals surface area contributed by atoms with Crippen LogP contribution >= 0.6 is 0 Å². The van der Waals surface area contributed by atoms with Crippen LogP contribution in [-0.2, 0) is 0 Å². The number of hydrogen-bond donors (Lipinski definition) is 3. The van der Waals surface area contributed by atoms with Gasteiger partial charge in [0.25, 0.3) is 0 Å². The van der Waals surface area contributed by atoms with E-state index in [0.29, 0.717) is 18.4 Å². The summed E-state index contributed by atoms with van der Waals surface area (Å²) < 4.78 is 0. The molecule has 0 aromatic carbocycles. The molecule has 17 heavy (non-hydrogen) atoms. The Balaban J connectivity index is 2.51. The Bertz CT molecular complexity index is 305. The van der Waals surface area contributed by atoms with E-state index < -0.39 is 5.66 Å². The van der Waals surface area contributed by atoms with Gasteiger partial charge in [-0.2, -0.15) is 0 Å². The SMILES string of the molecule is CC(C)CCC(C)N(N)C1=CCC(N)(N)C=C1. The maximum Gasteiger partial charge on any atom is 0.0868 e. The maximum absolute atomic E-state index is 6.10. The molecule has 4 heteroatoms. The minimum Gasteiger partial charge on any atom is -0.310 e. The lowest BCUT2D eigenvalue weighted by atomic mass is 10.00. The number of allylic oxidation sites excluding steroid dienone is 1. The van der Waals surface area contributed by atoms with Crippen LogP contribution in [-0.4, -0.2) is 16.7 Å². The zero-order valence-electron chi connectivity index (χ0n) is 11.2. The molecule has 98 valence electrons.